The summed E-state index contributed by atoms with van der Waals surface area (Å²) in [6, 6.07) is 9.51. The van der Waals surface area contributed by atoms with Crippen molar-refractivity contribution >= 4 is 46.3 Å². The molecule has 9 heteroatoms. The molecule has 2 amide bonds. The van der Waals surface area contributed by atoms with Crippen molar-refractivity contribution in [3.8, 4) is 10.7 Å². The fourth-order valence-electron chi connectivity index (χ4n) is 4.88. The standard InChI is InChI=1S/C25H29N5O2S2/c1-4-16-9-10-20-17(12-16)13-21(34-20)24-27-28-25(29(24)3)33-14-23(32)30-15(2)11-22(31)26-18-7-5-6-8-19(18)30/h5-8,13,15-16H,4,9-12,14H2,1-3H3,(H,26,31). The highest BCUT2D eigenvalue weighted by Gasteiger charge is 2.30. The minimum absolute atomic E-state index is 0.0526. The molecule has 0 saturated heterocycles. The first-order chi connectivity index (χ1) is 16.4. The monoisotopic (exact) mass is 495 g/mol. The van der Waals surface area contributed by atoms with Crippen molar-refractivity contribution < 1.29 is 9.59 Å². The van der Waals surface area contributed by atoms with E-state index in [-0.39, 0.29) is 30.0 Å². The molecule has 1 aliphatic carbocycles. The average Bonchev–Trinajstić information content (AvgIpc) is 3.37. The van der Waals surface area contributed by atoms with Gasteiger partial charge in [0, 0.05) is 24.4 Å². The Kier molecular flexibility index (Phi) is 6.48. The largest absolute Gasteiger partial charge is 0.324 e. The molecular weight excluding hydrogens is 466 g/mol. The van der Waals surface area contributed by atoms with Crippen LogP contribution in [0.4, 0.5) is 11.4 Å². The molecule has 5 rings (SSSR count). The molecule has 34 heavy (non-hydrogen) atoms. The quantitative estimate of drug-likeness (QED) is 0.509. The summed E-state index contributed by atoms with van der Waals surface area (Å²) in [6.07, 6.45) is 5.07. The number of thioether (sulfide) groups is 1. The van der Waals surface area contributed by atoms with E-state index in [2.05, 4.69) is 28.5 Å². The van der Waals surface area contributed by atoms with E-state index in [1.807, 2.05) is 54.1 Å². The lowest BCUT2D eigenvalue weighted by Gasteiger charge is -2.27. The minimum Gasteiger partial charge on any atom is -0.324 e. The van der Waals surface area contributed by atoms with E-state index in [9.17, 15) is 9.59 Å². The molecule has 3 heterocycles. The number of amides is 2. The first-order valence-corrected chi connectivity index (χ1v) is 13.6. The molecule has 0 saturated carbocycles. The minimum atomic E-state index is -0.226. The van der Waals surface area contributed by atoms with Crippen LogP contribution in [0.25, 0.3) is 10.7 Å². The van der Waals surface area contributed by atoms with Crippen LogP contribution in [0.15, 0.2) is 35.5 Å². The molecule has 1 aromatic carbocycles. The second kappa shape index (κ2) is 9.54. The number of benzene rings is 1. The number of thiophene rings is 1. The highest BCUT2D eigenvalue weighted by atomic mass is 32.2. The maximum atomic E-state index is 13.3. The van der Waals surface area contributed by atoms with Crippen molar-refractivity contribution in [2.24, 2.45) is 13.0 Å². The zero-order valence-electron chi connectivity index (χ0n) is 19.7. The summed E-state index contributed by atoms with van der Waals surface area (Å²) >= 11 is 3.21. The molecular formula is C25H29N5O2S2. The average molecular weight is 496 g/mol. The summed E-state index contributed by atoms with van der Waals surface area (Å²) in [7, 11) is 1.96. The molecule has 1 N–H and O–H groups in total. The fourth-order valence-corrected chi connectivity index (χ4v) is 6.88. The maximum absolute atomic E-state index is 13.3. The Morgan fingerprint density at radius 1 is 1.26 bits per heavy atom. The number of carbonyl (C=O) groups excluding carboxylic acids is 2. The van der Waals surface area contributed by atoms with Gasteiger partial charge in [0.15, 0.2) is 11.0 Å². The van der Waals surface area contributed by atoms with Gasteiger partial charge in [0.1, 0.15) is 0 Å². The van der Waals surface area contributed by atoms with Crippen LogP contribution < -0.4 is 10.2 Å². The van der Waals surface area contributed by atoms with Gasteiger partial charge in [-0.2, -0.15) is 0 Å². The highest BCUT2D eigenvalue weighted by Crippen LogP contribution is 2.38. The number of aromatic nitrogens is 3. The molecule has 1 aliphatic heterocycles. The van der Waals surface area contributed by atoms with Crippen LogP contribution >= 0.6 is 23.1 Å². The van der Waals surface area contributed by atoms with Crippen molar-refractivity contribution in [2.75, 3.05) is 16.0 Å². The number of fused-ring (bicyclic) bond motifs is 2. The first-order valence-electron chi connectivity index (χ1n) is 11.8. The lowest BCUT2D eigenvalue weighted by Crippen LogP contribution is -2.40. The number of rotatable bonds is 5. The third kappa shape index (κ3) is 4.38. The number of nitrogens with zero attached hydrogens (tertiary/aromatic N) is 4. The van der Waals surface area contributed by atoms with Gasteiger partial charge in [-0.15, -0.1) is 21.5 Å². The van der Waals surface area contributed by atoms with Gasteiger partial charge in [0.2, 0.25) is 11.8 Å². The zero-order valence-corrected chi connectivity index (χ0v) is 21.3. The van der Waals surface area contributed by atoms with E-state index in [0.717, 1.165) is 35.1 Å². The number of para-hydroxylation sites is 2. The predicted octanol–water partition coefficient (Wildman–Crippen LogP) is 4.91. The third-order valence-corrected chi connectivity index (χ3v) is 9.01. The maximum Gasteiger partial charge on any atom is 0.237 e. The molecule has 0 bridgehead atoms. The van der Waals surface area contributed by atoms with Crippen molar-refractivity contribution in [1.82, 2.24) is 14.8 Å². The number of carbonyl (C=O) groups is 2. The van der Waals surface area contributed by atoms with E-state index in [1.54, 1.807) is 4.90 Å². The molecule has 2 aromatic heterocycles. The molecule has 2 unspecified atom stereocenters. The topological polar surface area (TPSA) is 80.1 Å². The van der Waals surface area contributed by atoms with Crippen LogP contribution in [0.3, 0.4) is 0 Å². The Hall–Kier alpha value is -2.65. The van der Waals surface area contributed by atoms with Crippen LogP contribution in [-0.2, 0) is 29.5 Å². The summed E-state index contributed by atoms with van der Waals surface area (Å²) < 4.78 is 1.98. The van der Waals surface area contributed by atoms with Crippen LogP contribution in [0.1, 0.15) is 43.6 Å². The predicted molar refractivity (Wildman–Crippen MR) is 137 cm³/mol. The Labute approximate surface area is 208 Å². The molecule has 0 radical (unpaired) electrons. The van der Waals surface area contributed by atoms with Crippen molar-refractivity contribution in [3.05, 3.63) is 40.8 Å². The SMILES string of the molecule is CCC1CCc2sc(-c3nnc(SCC(=O)N4c5ccccc5NC(=O)CC4C)n3C)cc2C1. The van der Waals surface area contributed by atoms with E-state index in [0.29, 0.717) is 10.8 Å². The van der Waals surface area contributed by atoms with Gasteiger partial charge in [-0.3, -0.25) is 9.59 Å². The second-order valence-corrected chi connectivity index (χ2v) is 11.2. The van der Waals surface area contributed by atoms with Crippen LogP contribution in [0.5, 0.6) is 0 Å². The summed E-state index contributed by atoms with van der Waals surface area (Å²) in [6.45, 7) is 4.18. The van der Waals surface area contributed by atoms with Gasteiger partial charge in [-0.05, 0) is 55.9 Å². The summed E-state index contributed by atoms with van der Waals surface area (Å²) in [5.74, 6) is 1.72. The first kappa shape index (κ1) is 23.1. The summed E-state index contributed by atoms with van der Waals surface area (Å²) in [5, 5.41) is 12.5. The van der Waals surface area contributed by atoms with Crippen LogP contribution in [0, 0.1) is 5.92 Å². The van der Waals surface area contributed by atoms with E-state index < -0.39 is 0 Å². The highest BCUT2D eigenvalue weighted by molar-refractivity contribution is 7.99. The molecule has 7 nitrogen and oxygen atoms in total. The molecule has 178 valence electrons. The number of anilines is 2. The molecule has 2 aliphatic rings. The van der Waals surface area contributed by atoms with E-state index >= 15 is 0 Å². The lowest BCUT2D eigenvalue weighted by atomic mass is 9.87. The fraction of sp³-hybridized carbons (Fsp3) is 0.440. The third-order valence-electron chi connectivity index (χ3n) is 6.77. The summed E-state index contributed by atoms with van der Waals surface area (Å²) in [4.78, 5) is 29.9. The molecule has 2 atom stereocenters. The number of aryl methyl sites for hydroxylation is 1. The Morgan fingerprint density at radius 3 is 2.91 bits per heavy atom. The zero-order chi connectivity index (χ0) is 23.8. The van der Waals surface area contributed by atoms with Gasteiger partial charge in [-0.25, -0.2) is 0 Å². The van der Waals surface area contributed by atoms with Gasteiger partial charge < -0.3 is 14.8 Å². The summed E-state index contributed by atoms with van der Waals surface area (Å²) in [5.41, 5.74) is 2.87. The Balaban J connectivity index is 1.32. The van der Waals surface area contributed by atoms with E-state index in [4.69, 9.17) is 0 Å². The van der Waals surface area contributed by atoms with E-state index in [1.165, 1.54) is 35.0 Å². The van der Waals surface area contributed by atoms with Crippen molar-refractivity contribution in [1.29, 1.82) is 0 Å². The normalized spacial score (nSPS) is 19.9. The number of nitrogens with one attached hydrogen (secondary N) is 1. The molecule has 3 aromatic rings. The number of hydrogen-bond acceptors (Lipinski definition) is 6. The lowest BCUT2D eigenvalue weighted by molar-refractivity contribution is -0.117. The van der Waals surface area contributed by atoms with Crippen LogP contribution in [0.2, 0.25) is 0 Å². The number of hydrogen-bond donors (Lipinski definition) is 1. The van der Waals surface area contributed by atoms with Gasteiger partial charge in [0.05, 0.1) is 22.0 Å². The smallest absolute Gasteiger partial charge is 0.237 e. The van der Waals surface area contributed by atoms with Crippen LogP contribution in [-0.4, -0.2) is 38.4 Å². The van der Waals surface area contributed by atoms with Gasteiger partial charge in [-0.1, -0.05) is 37.2 Å². The molecule has 0 spiro atoms. The molecule has 0 fully saturated rings. The Morgan fingerprint density at radius 2 is 2.09 bits per heavy atom. The van der Waals surface area contributed by atoms with Crippen molar-refractivity contribution in [3.63, 3.8) is 0 Å². The second-order valence-electron chi connectivity index (χ2n) is 9.11. The van der Waals surface area contributed by atoms with Gasteiger partial charge >= 0.3 is 0 Å². The van der Waals surface area contributed by atoms with Crippen molar-refractivity contribution in [2.45, 2.75) is 57.1 Å². The Bertz CT molecular complexity index is 1230. The van der Waals surface area contributed by atoms with Gasteiger partial charge in [0.25, 0.3) is 0 Å².